The third-order valence-electron chi connectivity index (χ3n) is 6.39. The first-order valence-electron chi connectivity index (χ1n) is 11.8. The molecule has 4 rings (SSSR count). The molecule has 0 bridgehead atoms. The Balaban J connectivity index is 0.000000913. The molecule has 2 aromatic rings. The Labute approximate surface area is 190 Å². The van der Waals surface area contributed by atoms with Gasteiger partial charge in [0.25, 0.3) is 0 Å². The number of imidazole rings is 1. The first kappa shape index (κ1) is 24.2. The number of aryl methyl sites for hydroxylation is 1. The van der Waals surface area contributed by atoms with Gasteiger partial charge in [0, 0.05) is 26.1 Å². The van der Waals surface area contributed by atoms with Gasteiger partial charge >= 0.3 is 5.69 Å². The van der Waals surface area contributed by atoms with Gasteiger partial charge < -0.3 is 10.2 Å². The summed E-state index contributed by atoms with van der Waals surface area (Å²) in [4.78, 5) is 39.1. The van der Waals surface area contributed by atoms with Crippen molar-refractivity contribution in [1.82, 2.24) is 24.7 Å². The summed E-state index contributed by atoms with van der Waals surface area (Å²) in [6.45, 7) is 7.47. The van der Waals surface area contributed by atoms with Crippen molar-refractivity contribution >= 4 is 22.8 Å². The lowest BCUT2D eigenvalue weighted by Crippen LogP contribution is -2.44. The number of nitrogens with one attached hydrogen (secondary N) is 2. The van der Waals surface area contributed by atoms with Crippen molar-refractivity contribution in [2.45, 2.75) is 64.5 Å². The number of carbonyl (C=O) groups excluding carboxylic acids is 2. The first-order chi connectivity index (χ1) is 15.4. The van der Waals surface area contributed by atoms with Crippen molar-refractivity contribution in [3.8, 4) is 0 Å². The van der Waals surface area contributed by atoms with E-state index in [0.29, 0.717) is 12.5 Å². The second kappa shape index (κ2) is 10.9. The molecule has 8 heteroatoms. The van der Waals surface area contributed by atoms with E-state index in [9.17, 15) is 14.4 Å². The molecule has 2 amide bonds. The van der Waals surface area contributed by atoms with Crippen LogP contribution < -0.4 is 16.3 Å². The third-order valence-corrected chi connectivity index (χ3v) is 6.39. The van der Waals surface area contributed by atoms with Crippen molar-refractivity contribution in [3.05, 3.63) is 34.2 Å². The van der Waals surface area contributed by atoms with E-state index in [1.807, 2.05) is 19.2 Å². The molecule has 0 spiro atoms. The molecule has 32 heavy (non-hydrogen) atoms. The highest BCUT2D eigenvalue weighted by Gasteiger charge is 2.31. The fraction of sp³-hybridized carbons (Fsp3) is 0.625. The minimum Gasteiger partial charge on any atom is -0.317 e. The number of likely N-dealkylation sites (tertiary alicyclic amines) is 1. The van der Waals surface area contributed by atoms with Gasteiger partial charge in [0.1, 0.15) is 6.04 Å². The van der Waals surface area contributed by atoms with Crippen LogP contribution in [0.4, 0.5) is 0 Å². The Morgan fingerprint density at radius 1 is 1.06 bits per heavy atom. The monoisotopic (exact) mass is 443 g/mol. The van der Waals surface area contributed by atoms with Crippen LogP contribution in [0.2, 0.25) is 0 Å². The number of carbonyl (C=O) groups is 2. The molecule has 3 heterocycles. The van der Waals surface area contributed by atoms with E-state index in [4.69, 9.17) is 0 Å². The molecule has 176 valence electrons. The van der Waals surface area contributed by atoms with E-state index >= 15 is 0 Å². The molecule has 0 radical (unpaired) electrons. The lowest BCUT2D eigenvalue weighted by Gasteiger charge is -2.31. The smallest absolute Gasteiger partial charge is 0.317 e. The van der Waals surface area contributed by atoms with Gasteiger partial charge in [-0.3, -0.25) is 24.0 Å². The predicted molar refractivity (Wildman–Crippen MR) is 127 cm³/mol. The van der Waals surface area contributed by atoms with Crippen LogP contribution in [0, 0.1) is 0 Å². The Bertz CT molecular complexity index is 1000. The molecule has 0 saturated carbocycles. The van der Waals surface area contributed by atoms with Crippen LogP contribution in [0.25, 0.3) is 11.0 Å². The zero-order chi connectivity index (χ0) is 23.3. The Kier molecular flexibility index (Phi) is 8.26. The van der Waals surface area contributed by atoms with Crippen molar-refractivity contribution in [2.75, 3.05) is 26.7 Å². The van der Waals surface area contributed by atoms with Crippen LogP contribution in [0.3, 0.4) is 0 Å². The maximum Gasteiger partial charge on any atom is 0.329 e. The zero-order valence-corrected chi connectivity index (χ0v) is 19.8. The van der Waals surface area contributed by atoms with Gasteiger partial charge in [-0.05, 0) is 63.5 Å². The lowest BCUT2D eigenvalue weighted by molar-refractivity contribution is -0.135. The van der Waals surface area contributed by atoms with Gasteiger partial charge in [0.2, 0.25) is 11.8 Å². The van der Waals surface area contributed by atoms with Gasteiger partial charge in [-0.1, -0.05) is 26.3 Å². The molecule has 2 fully saturated rings. The Morgan fingerprint density at radius 3 is 2.38 bits per heavy atom. The molecule has 1 atom stereocenters. The lowest BCUT2D eigenvalue weighted by atomic mass is 10.0. The number of nitrogens with zero attached hydrogens (tertiary/aromatic N) is 3. The van der Waals surface area contributed by atoms with Crippen LogP contribution in [-0.4, -0.2) is 58.6 Å². The highest BCUT2D eigenvalue weighted by molar-refractivity contribution is 6.00. The highest BCUT2D eigenvalue weighted by Crippen LogP contribution is 2.24. The molecule has 2 aliphatic rings. The number of imide groups is 1. The van der Waals surface area contributed by atoms with Crippen molar-refractivity contribution < 1.29 is 9.59 Å². The van der Waals surface area contributed by atoms with Gasteiger partial charge in [-0.2, -0.15) is 0 Å². The third kappa shape index (κ3) is 5.30. The van der Waals surface area contributed by atoms with Crippen LogP contribution >= 0.6 is 0 Å². The van der Waals surface area contributed by atoms with Gasteiger partial charge in [-0.15, -0.1) is 0 Å². The molecule has 2 N–H and O–H groups in total. The first-order valence-corrected chi connectivity index (χ1v) is 11.8. The van der Waals surface area contributed by atoms with Crippen molar-refractivity contribution in [2.24, 2.45) is 7.05 Å². The topological polar surface area (TPSA) is 88.4 Å². The summed E-state index contributed by atoms with van der Waals surface area (Å²) in [5.41, 5.74) is 2.53. The summed E-state index contributed by atoms with van der Waals surface area (Å²) in [6, 6.07) is 6.03. The number of aromatic nitrogens is 2. The normalized spacial score (nSPS) is 20.2. The fourth-order valence-electron chi connectivity index (χ4n) is 4.53. The second-order valence-electron chi connectivity index (χ2n) is 8.86. The van der Waals surface area contributed by atoms with E-state index in [-0.39, 0.29) is 18.0 Å². The van der Waals surface area contributed by atoms with E-state index in [1.54, 1.807) is 11.6 Å². The minimum absolute atomic E-state index is 0.221. The number of piperidine rings is 2. The van der Waals surface area contributed by atoms with E-state index in [2.05, 4.69) is 35.4 Å². The summed E-state index contributed by atoms with van der Waals surface area (Å²) < 4.78 is 3.13. The average Bonchev–Trinajstić information content (AvgIpc) is 3.03. The maximum absolute atomic E-state index is 12.8. The molecular weight excluding hydrogens is 406 g/mol. The standard InChI is InChI=1S/C21H29N5O3.C3H8/c1-22-15-8-11-25(12-9-15)10-7-14-3-4-16-18(13-14)24(2)21(29)26(16)17-5-6-19(27)23-20(17)28;1-3-2/h3-4,13,15,17,22H,5-12H2,1-2H3,(H,23,27,28);3H2,1-2H3. The second-order valence-corrected chi connectivity index (χ2v) is 8.86. The molecule has 0 aliphatic carbocycles. The molecule has 2 aliphatic heterocycles. The van der Waals surface area contributed by atoms with Gasteiger partial charge in [-0.25, -0.2) is 4.79 Å². The number of benzene rings is 1. The van der Waals surface area contributed by atoms with E-state index in [1.165, 1.54) is 29.4 Å². The number of hydrogen-bond donors (Lipinski definition) is 2. The molecule has 1 unspecified atom stereocenters. The average molecular weight is 444 g/mol. The number of amides is 2. The van der Waals surface area contributed by atoms with Crippen molar-refractivity contribution in [1.29, 1.82) is 0 Å². The number of hydrogen-bond acceptors (Lipinski definition) is 5. The molecule has 2 saturated heterocycles. The Morgan fingerprint density at radius 2 is 1.75 bits per heavy atom. The molecule has 8 nitrogen and oxygen atoms in total. The Hall–Kier alpha value is -2.45. The quantitative estimate of drug-likeness (QED) is 0.690. The number of rotatable bonds is 5. The minimum atomic E-state index is -0.636. The van der Waals surface area contributed by atoms with E-state index in [0.717, 1.165) is 37.1 Å². The van der Waals surface area contributed by atoms with Crippen molar-refractivity contribution in [3.63, 3.8) is 0 Å². The summed E-state index contributed by atoms with van der Waals surface area (Å²) >= 11 is 0. The summed E-state index contributed by atoms with van der Waals surface area (Å²) in [6.07, 6.45) is 5.14. The van der Waals surface area contributed by atoms with Gasteiger partial charge in [0.15, 0.2) is 0 Å². The highest BCUT2D eigenvalue weighted by atomic mass is 16.2. The number of fused-ring (bicyclic) bond motifs is 1. The molecule has 1 aromatic carbocycles. The van der Waals surface area contributed by atoms with Gasteiger partial charge in [0.05, 0.1) is 11.0 Å². The van der Waals surface area contributed by atoms with Crippen LogP contribution in [0.15, 0.2) is 23.0 Å². The SMILES string of the molecule is CCC.CNC1CCN(CCc2ccc3c(c2)n(C)c(=O)n3C2CCC(=O)NC2=O)CC1. The molecule has 1 aromatic heterocycles. The van der Waals surface area contributed by atoms with Crippen LogP contribution in [0.5, 0.6) is 0 Å². The fourth-order valence-corrected chi connectivity index (χ4v) is 4.53. The maximum atomic E-state index is 12.8. The molecular formula is C24H37N5O3. The van der Waals surface area contributed by atoms with Crippen LogP contribution in [0.1, 0.15) is 57.6 Å². The largest absolute Gasteiger partial charge is 0.329 e. The van der Waals surface area contributed by atoms with E-state index < -0.39 is 11.9 Å². The zero-order valence-electron chi connectivity index (χ0n) is 19.8. The van der Waals surface area contributed by atoms with Crippen LogP contribution in [-0.2, 0) is 23.1 Å². The summed E-state index contributed by atoms with van der Waals surface area (Å²) in [5, 5.41) is 5.70. The summed E-state index contributed by atoms with van der Waals surface area (Å²) in [5.74, 6) is -0.675. The summed E-state index contributed by atoms with van der Waals surface area (Å²) in [7, 11) is 3.76. The predicted octanol–water partition coefficient (Wildman–Crippen LogP) is 1.96.